The molecule has 1 amide bonds. The predicted octanol–water partition coefficient (Wildman–Crippen LogP) is 3.06. The van der Waals surface area contributed by atoms with Gasteiger partial charge in [-0.05, 0) is 37.0 Å². The molecule has 1 aromatic rings. The maximum absolute atomic E-state index is 12.1. The number of carbonyl (C=O) groups excluding carboxylic acids is 1. The Labute approximate surface area is 116 Å². The Bertz CT molecular complexity index is 392. The summed E-state index contributed by atoms with van der Waals surface area (Å²) >= 11 is 0. The van der Waals surface area contributed by atoms with Gasteiger partial charge in [0.15, 0.2) is 0 Å². The maximum atomic E-state index is 12.1. The first kappa shape index (κ1) is 13.9. The molecule has 2 rings (SSSR count). The Morgan fingerprint density at radius 3 is 2.32 bits per heavy atom. The summed E-state index contributed by atoms with van der Waals surface area (Å²) in [6.07, 6.45) is 5.87. The van der Waals surface area contributed by atoms with E-state index in [1.165, 1.54) is 18.4 Å². The lowest BCUT2D eigenvalue weighted by Crippen LogP contribution is -2.36. The van der Waals surface area contributed by atoms with Gasteiger partial charge in [-0.3, -0.25) is 4.79 Å². The van der Waals surface area contributed by atoms with Crippen molar-refractivity contribution >= 4 is 11.6 Å². The molecule has 3 heteroatoms. The summed E-state index contributed by atoms with van der Waals surface area (Å²) in [6, 6.07) is 8.32. The highest BCUT2D eigenvalue weighted by molar-refractivity contribution is 5.80. The van der Waals surface area contributed by atoms with Gasteiger partial charge < -0.3 is 10.2 Å². The van der Waals surface area contributed by atoms with Crippen molar-refractivity contribution in [2.75, 3.05) is 25.0 Å². The molecule has 1 aliphatic rings. The fraction of sp³-hybridized carbons (Fsp3) is 0.562. The number of likely N-dealkylation sites (tertiary alicyclic amines) is 1. The first-order chi connectivity index (χ1) is 9.29. The number of amides is 1. The highest BCUT2D eigenvalue weighted by Gasteiger charge is 2.14. The molecule has 0 aliphatic carbocycles. The molecule has 0 atom stereocenters. The van der Waals surface area contributed by atoms with Crippen molar-refractivity contribution in [1.82, 2.24) is 4.90 Å². The summed E-state index contributed by atoms with van der Waals surface area (Å²) in [5.74, 6) is 0.224. The molecule has 1 aromatic carbocycles. The van der Waals surface area contributed by atoms with Crippen molar-refractivity contribution in [3.8, 4) is 0 Å². The van der Waals surface area contributed by atoms with E-state index in [1.807, 2.05) is 4.90 Å². The van der Waals surface area contributed by atoms with Crippen molar-refractivity contribution in [3.63, 3.8) is 0 Å². The van der Waals surface area contributed by atoms with Gasteiger partial charge in [-0.25, -0.2) is 0 Å². The van der Waals surface area contributed by atoms with Crippen LogP contribution < -0.4 is 5.32 Å². The summed E-state index contributed by atoms with van der Waals surface area (Å²) < 4.78 is 0. The normalized spacial score (nSPS) is 15.9. The summed E-state index contributed by atoms with van der Waals surface area (Å²) in [6.45, 7) is 4.40. The minimum Gasteiger partial charge on any atom is -0.376 e. The standard InChI is InChI=1S/C16H24N2O/c1-2-14-7-9-15(10-8-14)17-13-16(19)18-11-5-3-4-6-12-18/h7-10,17H,2-6,11-13H2,1H3. The maximum Gasteiger partial charge on any atom is 0.241 e. The second-order valence-electron chi connectivity index (χ2n) is 5.20. The van der Waals surface area contributed by atoms with Crippen LogP contribution in [0.2, 0.25) is 0 Å². The molecule has 0 radical (unpaired) electrons. The van der Waals surface area contributed by atoms with Gasteiger partial charge in [-0.15, -0.1) is 0 Å². The quantitative estimate of drug-likeness (QED) is 0.902. The van der Waals surface area contributed by atoms with E-state index in [2.05, 4.69) is 36.5 Å². The SMILES string of the molecule is CCc1ccc(NCC(=O)N2CCCCCC2)cc1. The van der Waals surface area contributed by atoms with Crippen LogP contribution in [0.15, 0.2) is 24.3 Å². The van der Waals surface area contributed by atoms with E-state index in [9.17, 15) is 4.79 Å². The minimum absolute atomic E-state index is 0.224. The molecule has 1 aliphatic heterocycles. The van der Waals surface area contributed by atoms with Crippen LogP contribution in [0.3, 0.4) is 0 Å². The zero-order chi connectivity index (χ0) is 13.5. The number of hydrogen-bond donors (Lipinski definition) is 1. The molecule has 19 heavy (non-hydrogen) atoms. The topological polar surface area (TPSA) is 32.3 Å². The predicted molar refractivity (Wildman–Crippen MR) is 79.4 cm³/mol. The minimum atomic E-state index is 0.224. The average molecular weight is 260 g/mol. The summed E-state index contributed by atoms with van der Waals surface area (Å²) in [5.41, 5.74) is 2.35. The number of aryl methyl sites for hydroxylation is 1. The fourth-order valence-electron chi connectivity index (χ4n) is 2.47. The Morgan fingerprint density at radius 2 is 1.74 bits per heavy atom. The Balaban J connectivity index is 1.81. The van der Waals surface area contributed by atoms with Crippen LogP contribution >= 0.6 is 0 Å². The third kappa shape index (κ3) is 4.27. The van der Waals surface area contributed by atoms with E-state index in [0.29, 0.717) is 6.54 Å². The number of benzene rings is 1. The van der Waals surface area contributed by atoms with Crippen molar-refractivity contribution in [1.29, 1.82) is 0 Å². The zero-order valence-corrected chi connectivity index (χ0v) is 11.8. The van der Waals surface area contributed by atoms with Crippen LogP contribution in [0, 0.1) is 0 Å². The Hall–Kier alpha value is -1.51. The van der Waals surface area contributed by atoms with E-state index < -0.39 is 0 Å². The monoisotopic (exact) mass is 260 g/mol. The Morgan fingerprint density at radius 1 is 1.11 bits per heavy atom. The van der Waals surface area contributed by atoms with Gasteiger partial charge >= 0.3 is 0 Å². The van der Waals surface area contributed by atoms with Gasteiger partial charge in [0.2, 0.25) is 5.91 Å². The number of nitrogens with zero attached hydrogens (tertiary/aromatic N) is 1. The highest BCUT2D eigenvalue weighted by atomic mass is 16.2. The van der Waals surface area contributed by atoms with E-state index in [0.717, 1.165) is 38.0 Å². The molecule has 0 aromatic heterocycles. The van der Waals surface area contributed by atoms with E-state index in [4.69, 9.17) is 0 Å². The van der Waals surface area contributed by atoms with E-state index in [1.54, 1.807) is 0 Å². The molecule has 0 unspecified atom stereocenters. The number of rotatable bonds is 4. The molecule has 104 valence electrons. The van der Waals surface area contributed by atoms with Gasteiger partial charge in [-0.1, -0.05) is 31.9 Å². The first-order valence-electron chi connectivity index (χ1n) is 7.40. The molecule has 1 fully saturated rings. The molecular weight excluding hydrogens is 236 g/mol. The van der Waals surface area contributed by atoms with Crippen molar-refractivity contribution in [2.24, 2.45) is 0 Å². The first-order valence-corrected chi connectivity index (χ1v) is 7.40. The number of carbonyl (C=O) groups is 1. The van der Waals surface area contributed by atoms with Crippen LogP contribution in [0.4, 0.5) is 5.69 Å². The van der Waals surface area contributed by atoms with Gasteiger partial charge in [0.25, 0.3) is 0 Å². The molecule has 0 bridgehead atoms. The van der Waals surface area contributed by atoms with Crippen LogP contribution in [-0.2, 0) is 11.2 Å². The van der Waals surface area contributed by atoms with Gasteiger partial charge in [0.1, 0.15) is 0 Å². The molecule has 3 nitrogen and oxygen atoms in total. The summed E-state index contributed by atoms with van der Waals surface area (Å²) in [7, 11) is 0. The van der Waals surface area contributed by atoms with Crippen LogP contribution in [-0.4, -0.2) is 30.4 Å². The lowest BCUT2D eigenvalue weighted by atomic mass is 10.1. The van der Waals surface area contributed by atoms with Crippen LogP contribution in [0.5, 0.6) is 0 Å². The second kappa shape index (κ2) is 7.17. The Kier molecular flexibility index (Phi) is 5.25. The van der Waals surface area contributed by atoms with E-state index in [-0.39, 0.29) is 5.91 Å². The van der Waals surface area contributed by atoms with Gasteiger partial charge in [0, 0.05) is 18.8 Å². The summed E-state index contributed by atoms with van der Waals surface area (Å²) in [4.78, 5) is 14.1. The van der Waals surface area contributed by atoms with Crippen molar-refractivity contribution in [2.45, 2.75) is 39.0 Å². The highest BCUT2D eigenvalue weighted by Crippen LogP contribution is 2.12. The number of nitrogens with one attached hydrogen (secondary N) is 1. The lowest BCUT2D eigenvalue weighted by Gasteiger charge is -2.20. The van der Waals surface area contributed by atoms with Crippen molar-refractivity contribution in [3.05, 3.63) is 29.8 Å². The number of anilines is 1. The lowest BCUT2D eigenvalue weighted by molar-refractivity contribution is -0.129. The molecule has 1 heterocycles. The van der Waals surface area contributed by atoms with Crippen LogP contribution in [0.1, 0.15) is 38.2 Å². The molecule has 0 spiro atoms. The largest absolute Gasteiger partial charge is 0.376 e. The molecule has 1 N–H and O–H groups in total. The smallest absolute Gasteiger partial charge is 0.241 e. The van der Waals surface area contributed by atoms with Gasteiger partial charge in [0.05, 0.1) is 6.54 Å². The molecular formula is C16H24N2O. The van der Waals surface area contributed by atoms with Crippen LogP contribution in [0.25, 0.3) is 0 Å². The third-order valence-electron chi connectivity index (χ3n) is 3.76. The second-order valence-corrected chi connectivity index (χ2v) is 5.20. The summed E-state index contributed by atoms with van der Waals surface area (Å²) in [5, 5.41) is 3.22. The van der Waals surface area contributed by atoms with E-state index >= 15 is 0 Å². The van der Waals surface area contributed by atoms with Crippen molar-refractivity contribution < 1.29 is 4.79 Å². The third-order valence-corrected chi connectivity index (χ3v) is 3.76. The molecule has 1 saturated heterocycles. The zero-order valence-electron chi connectivity index (χ0n) is 11.8. The van der Waals surface area contributed by atoms with Gasteiger partial charge in [-0.2, -0.15) is 0 Å². The molecule has 0 saturated carbocycles. The fourth-order valence-corrected chi connectivity index (χ4v) is 2.47. The number of hydrogen-bond acceptors (Lipinski definition) is 2. The average Bonchev–Trinajstić information content (AvgIpc) is 2.74.